The monoisotopic (exact) mass is 359 g/mol. The van der Waals surface area contributed by atoms with E-state index in [9.17, 15) is 19.8 Å². The molecular formula is C20H25NO5. The van der Waals surface area contributed by atoms with Crippen molar-refractivity contribution in [2.24, 2.45) is 0 Å². The predicted molar refractivity (Wildman–Crippen MR) is 97.1 cm³/mol. The number of carbonyl (C=O) groups is 2. The number of benzene rings is 1. The van der Waals surface area contributed by atoms with Crippen LogP contribution in [0.3, 0.4) is 0 Å². The van der Waals surface area contributed by atoms with Gasteiger partial charge in [-0.05, 0) is 69.2 Å². The largest absolute Gasteiger partial charge is 0.488 e. The Hall–Kier alpha value is -2.34. The molecule has 1 saturated carbocycles. The van der Waals surface area contributed by atoms with Crippen molar-refractivity contribution in [3.05, 3.63) is 35.4 Å². The zero-order chi connectivity index (χ0) is 18.5. The van der Waals surface area contributed by atoms with Crippen molar-refractivity contribution in [2.75, 3.05) is 5.32 Å². The normalized spacial score (nSPS) is 23.4. The summed E-state index contributed by atoms with van der Waals surface area (Å²) in [4.78, 5) is 23.7. The van der Waals surface area contributed by atoms with Crippen molar-refractivity contribution < 1.29 is 24.5 Å². The molecule has 1 aromatic carbocycles. The lowest BCUT2D eigenvalue weighted by atomic mass is 9.91. The first-order chi connectivity index (χ1) is 12.5. The summed E-state index contributed by atoms with van der Waals surface area (Å²) in [5, 5.41) is 22.0. The van der Waals surface area contributed by atoms with Crippen LogP contribution < -0.4 is 10.1 Å². The number of hydrogen-bond acceptors (Lipinski definition) is 4. The van der Waals surface area contributed by atoms with Crippen LogP contribution in [-0.4, -0.2) is 34.3 Å². The van der Waals surface area contributed by atoms with Gasteiger partial charge in [0.25, 0.3) is 5.91 Å². The van der Waals surface area contributed by atoms with E-state index in [-0.39, 0.29) is 17.6 Å². The number of amides is 1. The molecule has 6 heteroatoms. The number of aliphatic hydroxyl groups is 1. The Morgan fingerprint density at radius 3 is 2.27 bits per heavy atom. The third kappa shape index (κ3) is 4.43. The van der Waals surface area contributed by atoms with Gasteiger partial charge in [-0.15, -0.1) is 0 Å². The van der Waals surface area contributed by atoms with Crippen LogP contribution in [0.25, 0.3) is 0 Å². The number of aliphatic hydroxyl groups excluding tert-OH is 1. The van der Waals surface area contributed by atoms with Gasteiger partial charge < -0.3 is 20.3 Å². The molecule has 3 N–H and O–H groups in total. The van der Waals surface area contributed by atoms with Gasteiger partial charge >= 0.3 is 5.97 Å². The van der Waals surface area contributed by atoms with Gasteiger partial charge in [-0.1, -0.05) is 6.42 Å². The smallest absolute Gasteiger partial charge is 0.332 e. The molecule has 1 aromatic rings. The standard InChI is InChI=1S/C20H25NO5/c22-17-7-3-4-8-18(17)26-14-11-9-13(10-12-14)21-19(23)15-5-1-2-6-16(15)20(24)25/h9-12,17-18,22H,1-8H2,(H,21,23)(H,24,25). The molecule has 0 bridgehead atoms. The first-order valence-corrected chi connectivity index (χ1v) is 9.26. The molecule has 2 aliphatic rings. The molecule has 6 nitrogen and oxygen atoms in total. The predicted octanol–water partition coefficient (Wildman–Crippen LogP) is 3.26. The minimum Gasteiger partial charge on any atom is -0.488 e. The molecular weight excluding hydrogens is 334 g/mol. The number of rotatable bonds is 5. The Balaban J connectivity index is 1.63. The summed E-state index contributed by atoms with van der Waals surface area (Å²) in [6.45, 7) is 0. The molecule has 26 heavy (non-hydrogen) atoms. The maximum Gasteiger partial charge on any atom is 0.332 e. The molecule has 0 saturated heterocycles. The van der Waals surface area contributed by atoms with Gasteiger partial charge in [-0.3, -0.25) is 4.79 Å². The number of carboxylic acids is 1. The number of carbonyl (C=O) groups excluding carboxylic acids is 1. The highest BCUT2D eigenvalue weighted by Crippen LogP contribution is 2.27. The average molecular weight is 359 g/mol. The summed E-state index contributed by atoms with van der Waals surface area (Å²) < 4.78 is 5.84. The second-order valence-electron chi connectivity index (χ2n) is 6.96. The Labute approximate surface area is 152 Å². The average Bonchev–Trinajstić information content (AvgIpc) is 2.65. The molecule has 2 atom stereocenters. The lowest BCUT2D eigenvalue weighted by Gasteiger charge is -2.28. The maximum atomic E-state index is 12.4. The van der Waals surface area contributed by atoms with Crippen LogP contribution in [0, 0.1) is 0 Å². The van der Waals surface area contributed by atoms with Crippen molar-refractivity contribution in [2.45, 2.75) is 63.6 Å². The summed E-state index contributed by atoms with van der Waals surface area (Å²) in [5.74, 6) is -0.708. The van der Waals surface area contributed by atoms with Crippen molar-refractivity contribution in [1.29, 1.82) is 0 Å². The van der Waals surface area contributed by atoms with E-state index in [4.69, 9.17) is 4.74 Å². The van der Waals surface area contributed by atoms with Crippen molar-refractivity contribution in [3.63, 3.8) is 0 Å². The third-order valence-corrected chi connectivity index (χ3v) is 5.07. The first kappa shape index (κ1) is 18.5. The van der Waals surface area contributed by atoms with Crippen LogP contribution in [-0.2, 0) is 9.59 Å². The zero-order valence-corrected chi connectivity index (χ0v) is 14.7. The third-order valence-electron chi connectivity index (χ3n) is 5.07. The highest BCUT2D eigenvalue weighted by atomic mass is 16.5. The lowest BCUT2D eigenvalue weighted by Crippen LogP contribution is -2.34. The van der Waals surface area contributed by atoms with Crippen LogP contribution in [0.15, 0.2) is 35.4 Å². The quantitative estimate of drug-likeness (QED) is 0.750. The number of aliphatic carboxylic acids is 1. The summed E-state index contributed by atoms with van der Waals surface area (Å²) in [6.07, 6.45) is 5.63. The first-order valence-electron chi connectivity index (χ1n) is 9.26. The highest BCUT2D eigenvalue weighted by molar-refractivity contribution is 6.08. The van der Waals surface area contributed by atoms with Gasteiger partial charge in [0.1, 0.15) is 11.9 Å². The summed E-state index contributed by atoms with van der Waals surface area (Å²) in [5.41, 5.74) is 1.18. The Morgan fingerprint density at radius 1 is 0.962 bits per heavy atom. The number of ether oxygens (including phenoxy) is 1. The molecule has 2 unspecified atom stereocenters. The number of hydrogen-bond donors (Lipinski definition) is 3. The fourth-order valence-corrected chi connectivity index (χ4v) is 3.60. The second kappa shape index (κ2) is 8.36. The molecule has 1 amide bonds. The van der Waals surface area contributed by atoms with Gasteiger partial charge in [-0.25, -0.2) is 4.79 Å². The zero-order valence-electron chi connectivity index (χ0n) is 14.7. The SMILES string of the molecule is O=C(O)C1=C(C(=O)Nc2ccc(OC3CCCCC3O)cc2)CCCC1. The van der Waals surface area contributed by atoms with Gasteiger partial charge in [0.2, 0.25) is 0 Å². The number of anilines is 1. The maximum absolute atomic E-state index is 12.4. The Morgan fingerprint density at radius 2 is 1.62 bits per heavy atom. The van der Waals surface area contributed by atoms with Gasteiger partial charge in [0.05, 0.1) is 6.10 Å². The van der Waals surface area contributed by atoms with Crippen LogP contribution >= 0.6 is 0 Å². The second-order valence-corrected chi connectivity index (χ2v) is 6.96. The van der Waals surface area contributed by atoms with E-state index in [1.54, 1.807) is 24.3 Å². The van der Waals surface area contributed by atoms with Crippen LogP contribution in [0.5, 0.6) is 5.75 Å². The van der Waals surface area contributed by atoms with Crippen molar-refractivity contribution in [3.8, 4) is 5.75 Å². The van der Waals surface area contributed by atoms with E-state index < -0.39 is 12.1 Å². The molecule has 2 aliphatic carbocycles. The van der Waals surface area contributed by atoms with Gasteiger partial charge in [0, 0.05) is 16.8 Å². The van der Waals surface area contributed by atoms with Gasteiger partial charge in [0.15, 0.2) is 0 Å². The van der Waals surface area contributed by atoms with Crippen LogP contribution in [0.1, 0.15) is 51.4 Å². The molecule has 0 radical (unpaired) electrons. The van der Waals surface area contributed by atoms with E-state index in [0.29, 0.717) is 29.9 Å². The molecule has 3 rings (SSSR count). The van der Waals surface area contributed by atoms with Crippen LogP contribution in [0.2, 0.25) is 0 Å². The molecule has 0 spiro atoms. The molecule has 0 aromatic heterocycles. The lowest BCUT2D eigenvalue weighted by molar-refractivity contribution is -0.133. The van der Waals surface area contributed by atoms with E-state index >= 15 is 0 Å². The Kier molecular flexibility index (Phi) is 5.93. The number of nitrogens with one attached hydrogen (secondary N) is 1. The van der Waals surface area contributed by atoms with Crippen LogP contribution in [0.4, 0.5) is 5.69 Å². The van der Waals surface area contributed by atoms with E-state index in [1.165, 1.54) is 0 Å². The fraction of sp³-hybridized carbons (Fsp3) is 0.500. The number of carboxylic acid groups (broad SMARTS) is 1. The summed E-state index contributed by atoms with van der Waals surface area (Å²) in [7, 11) is 0. The summed E-state index contributed by atoms with van der Waals surface area (Å²) >= 11 is 0. The van der Waals surface area contributed by atoms with E-state index in [1.807, 2.05) is 0 Å². The fourth-order valence-electron chi connectivity index (χ4n) is 3.60. The minimum absolute atomic E-state index is 0.185. The molecule has 0 heterocycles. The molecule has 140 valence electrons. The topological polar surface area (TPSA) is 95.9 Å². The minimum atomic E-state index is -1.01. The Bertz CT molecular complexity index is 695. The summed E-state index contributed by atoms with van der Waals surface area (Å²) in [6, 6.07) is 6.97. The highest BCUT2D eigenvalue weighted by Gasteiger charge is 2.25. The van der Waals surface area contributed by atoms with E-state index in [0.717, 1.165) is 38.5 Å². The van der Waals surface area contributed by atoms with Crippen molar-refractivity contribution >= 4 is 17.6 Å². The molecule has 1 fully saturated rings. The van der Waals surface area contributed by atoms with E-state index in [2.05, 4.69) is 5.32 Å². The van der Waals surface area contributed by atoms with Gasteiger partial charge in [-0.2, -0.15) is 0 Å². The van der Waals surface area contributed by atoms with Crippen molar-refractivity contribution in [1.82, 2.24) is 0 Å². The molecule has 0 aliphatic heterocycles.